The quantitative estimate of drug-likeness (QED) is 0.591. The van der Waals surface area contributed by atoms with E-state index >= 15 is 0 Å². The highest BCUT2D eigenvalue weighted by Gasteiger charge is 2.38. The van der Waals surface area contributed by atoms with Gasteiger partial charge in [0.2, 0.25) is 3.79 Å². The van der Waals surface area contributed by atoms with Crippen LogP contribution in [0.2, 0.25) is 0 Å². The van der Waals surface area contributed by atoms with Crippen LogP contribution < -0.4 is 0 Å². The summed E-state index contributed by atoms with van der Waals surface area (Å²) in [7, 11) is 0. The molecule has 1 atom stereocenters. The molecule has 0 saturated heterocycles. The van der Waals surface area contributed by atoms with Crippen LogP contribution in [0.3, 0.4) is 0 Å². The summed E-state index contributed by atoms with van der Waals surface area (Å²) in [6.07, 6.45) is -2.39. The number of alkyl halides is 3. The van der Waals surface area contributed by atoms with E-state index in [1.54, 1.807) is 13.8 Å². The lowest BCUT2D eigenvalue weighted by atomic mass is 10.1. The van der Waals surface area contributed by atoms with Crippen LogP contribution >= 0.6 is 34.8 Å². The Morgan fingerprint density at radius 2 is 1.83 bits per heavy atom. The summed E-state index contributed by atoms with van der Waals surface area (Å²) in [6.45, 7) is 3.41. The van der Waals surface area contributed by atoms with Crippen LogP contribution in [0.1, 0.15) is 13.8 Å². The fourth-order valence-corrected chi connectivity index (χ4v) is 1.58. The van der Waals surface area contributed by atoms with Crippen molar-refractivity contribution in [2.75, 3.05) is 0 Å². The lowest BCUT2D eigenvalue weighted by Crippen LogP contribution is -2.35. The zero-order chi connectivity index (χ0) is 9.94. The first-order valence-electron chi connectivity index (χ1n) is 3.21. The molecule has 0 radical (unpaired) electrons. The van der Waals surface area contributed by atoms with Crippen LogP contribution in [0, 0.1) is 5.92 Å². The SMILES string of the molecule is CC(C)C(OC(=O)O)C(Cl)(Cl)Cl. The third-order valence-corrected chi connectivity index (χ3v) is 1.80. The van der Waals surface area contributed by atoms with Gasteiger partial charge in [0.15, 0.2) is 6.10 Å². The average molecular weight is 235 g/mol. The van der Waals surface area contributed by atoms with Gasteiger partial charge >= 0.3 is 6.16 Å². The molecule has 3 nitrogen and oxygen atoms in total. The zero-order valence-corrected chi connectivity index (χ0v) is 8.82. The van der Waals surface area contributed by atoms with Crippen molar-refractivity contribution < 1.29 is 14.6 Å². The molecule has 72 valence electrons. The van der Waals surface area contributed by atoms with Gasteiger partial charge in [-0.3, -0.25) is 0 Å². The van der Waals surface area contributed by atoms with Crippen molar-refractivity contribution >= 4 is 41.0 Å². The second-order valence-electron chi connectivity index (χ2n) is 2.59. The van der Waals surface area contributed by atoms with Crippen molar-refractivity contribution in [3.63, 3.8) is 0 Å². The molecule has 0 saturated carbocycles. The number of ether oxygens (including phenoxy) is 1. The van der Waals surface area contributed by atoms with Crippen LogP contribution in [-0.4, -0.2) is 21.2 Å². The Morgan fingerprint density at radius 1 is 1.42 bits per heavy atom. The predicted molar refractivity (Wildman–Crippen MR) is 48.0 cm³/mol. The van der Waals surface area contributed by atoms with Gasteiger partial charge in [0, 0.05) is 0 Å². The third-order valence-electron chi connectivity index (χ3n) is 1.16. The normalized spacial score (nSPS) is 14.5. The molecule has 0 aromatic rings. The van der Waals surface area contributed by atoms with E-state index in [4.69, 9.17) is 39.9 Å². The van der Waals surface area contributed by atoms with Crippen molar-refractivity contribution in [1.82, 2.24) is 0 Å². The Morgan fingerprint density at radius 3 is 1.92 bits per heavy atom. The Balaban J connectivity index is 4.35. The monoisotopic (exact) mass is 234 g/mol. The molecule has 0 bridgehead atoms. The average Bonchev–Trinajstić information content (AvgIpc) is 1.79. The molecule has 0 aliphatic heterocycles. The molecule has 0 aromatic carbocycles. The largest absolute Gasteiger partial charge is 0.506 e. The fraction of sp³-hybridized carbons (Fsp3) is 0.833. The molecule has 0 amide bonds. The smallest absolute Gasteiger partial charge is 0.450 e. The van der Waals surface area contributed by atoms with Crippen LogP contribution in [0.4, 0.5) is 4.79 Å². The maximum absolute atomic E-state index is 10.2. The zero-order valence-electron chi connectivity index (χ0n) is 6.55. The first-order valence-corrected chi connectivity index (χ1v) is 4.35. The van der Waals surface area contributed by atoms with Crippen LogP contribution in [0.15, 0.2) is 0 Å². The Bertz CT molecular complexity index is 164. The molecule has 1 unspecified atom stereocenters. The summed E-state index contributed by atoms with van der Waals surface area (Å²) in [5.41, 5.74) is 0. The van der Waals surface area contributed by atoms with Gasteiger partial charge in [-0.1, -0.05) is 48.7 Å². The summed E-state index contributed by atoms with van der Waals surface area (Å²) >= 11 is 16.4. The predicted octanol–water partition coefficient (Wildman–Crippen LogP) is 3.08. The van der Waals surface area contributed by atoms with E-state index in [1.165, 1.54) is 0 Å². The van der Waals surface area contributed by atoms with Crippen molar-refractivity contribution in [3.8, 4) is 0 Å². The highest BCUT2D eigenvalue weighted by Crippen LogP contribution is 2.35. The highest BCUT2D eigenvalue weighted by molar-refractivity contribution is 6.68. The van der Waals surface area contributed by atoms with Gasteiger partial charge in [-0.25, -0.2) is 4.79 Å². The minimum Gasteiger partial charge on any atom is -0.450 e. The van der Waals surface area contributed by atoms with Crippen LogP contribution in [0.25, 0.3) is 0 Å². The number of halogens is 3. The number of hydrogen-bond donors (Lipinski definition) is 1. The van der Waals surface area contributed by atoms with Gasteiger partial charge in [0.05, 0.1) is 0 Å². The maximum atomic E-state index is 10.2. The summed E-state index contributed by atoms with van der Waals surface area (Å²) < 4.78 is 2.68. The standard InChI is InChI=1S/C6H9Cl3O3/c1-3(2)4(6(7,8)9)12-5(10)11/h3-4H,1-2H3,(H,10,11). The van der Waals surface area contributed by atoms with E-state index in [9.17, 15) is 4.79 Å². The van der Waals surface area contributed by atoms with Crippen LogP contribution in [0.5, 0.6) is 0 Å². The van der Waals surface area contributed by atoms with Gasteiger partial charge in [0.25, 0.3) is 0 Å². The van der Waals surface area contributed by atoms with Crippen molar-refractivity contribution in [2.24, 2.45) is 5.92 Å². The summed E-state index contributed by atoms with van der Waals surface area (Å²) in [6, 6.07) is 0. The lowest BCUT2D eigenvalue weighted by Gasteiger charge is -2.25. The van der Waals surface area contributed by atoms with E-state index in [0.717, 1.165) is 0 Å². The molecular weight excluding hydrogens is 226 g/mol. The van der Waals surface area contributed by atoms with Gasteiger partial charge in [-0.15, -0.1) is 0 Å². The summed E-state index contributed by atoms with van der Waals surface area (Å²) in [5.74, 6) is -0.186. The van der Waals surface area contributed by atoms with Gasteiger partial charge in [0.1, 0.15) is 0 Å². The van der Waals surface area contributed by atoms with Gasteiger partial charge < -0.3 is 9.84 Å². The maximum Gasteiger partial charge on any atom is 0.506 e. The van der Waals surface area contributed by atoms with E-state index in [1.807, 2.05) is 0 Å². The van der Waals surface area contributed by atoms with Crippen molar-refractivity contribution in [1.29, 1.82) is 0 Å². The Kier molecular flexibility index (Phi) is 4.45. The van der Waals surface area contributed by atoms with Gasteiger partial charge in [-0.05, 0) is 5.92 Å². The summed E-state index contributed by atoms with van der Waals surface area (Å²) in [5, 5.41) is 8.30. The number of carboxylic acid groups (broad SMARTS) is 1. The summed E-state index contributed by atoms with van der Waals surface area (Å²) in [4.78, 5) is 10.2. The molecular formula is C6H9Cl3O3. The molecule has 0 rings (SSSR count). The molecule has 12 heavy (non-hydrogen) atoms. The van der Waals surface area contributed by atoms with E-state index in [0.29, 0.717) is 0 Å². The minimum absolute atomic E-state index is 0.186. The molecule has 0 aliphatic carbocycles. The molecule has 0 heterocycles. The molecule has 6 heteroatoms. The number of carbonyl (C=O) groups is 1. The van der Waals surface area contributed by atoms with E-state index in [-0.39, 0.29) is 5.92 Å². The number of rotatable bonds is 2. The fourth-order valence-electron chi connectivity index (χ4n) is 0.689. The molecule has 1 N–H and O–H groups in total. The van der Waals surface area contributed by atoms with E-state index < -0.39 is 16.1 Å². The third kappa shape index (κ3) is 4.24. The Hall–Kier alpha value is 0.140. The molecule has 0 aliphatic rings. The first-order chi connectivity index (χ1) is 5.25. The molecule has 0 spiro atoms. The first kappa shape index (κ1) is 12.1. The second-order valence-corrected chi connectivity index (χ2v) is 4.96. The lowest BCUT2D eigenvalue weighted by molar-refractivity contribution is 0.0335. The van der Waals surface area contributed by atoms with Crippen LogP contribution in [-0.2, 0) is 4.74 Å². The van der Waals surface area contributed by atoms with Gasteiger partial charge in [-0.2, -0.15) is 0 Å². The molecule has 0 fully saturated rings. The highest BCUT2D eigenvalue weighted by atomic mass is 35.6. The molecule has 0 aromatic heterocycles. The van der Waals surface area contributed by atoms with Crippen molar-refractivity contribution in [2.45, 2.75) is 23.7 Å². The minimum atomic E-state index is -1.72. The Labute approximate surface area is 85.5 Å². The topological polar surface area (TPSA) is 46.5 Å². The van der Waals surface area contributed by atoms with Crippen molar-refractivity contribution in [3.05, 3.63) is 0 Å². The van der Waals surface area contributed by atoms with E-state index in [2.05, 4.69) is 4.74 Å². The second kappa shape index (κ2) is 4.40. The number of hydrogen-bond acceptors (Lipinski definition) is 2.